The summed E-state index contributed by atoms with van der Waals surface area (Å²) in [6, 6.07) is 6.99. The van der Waals surface area contributed by atoms with Gasteiger partial charge in [0.2, 0.25) is 0 Å². The second-order valence-corrected chi connectivity index (χ2v) is 3.46. The molecule has 0 bridgehead atoms. The van der Waals surface area contributed by atoms with Gasteiger partial charge in [-0.2, -0.15) is 0 Å². The zero-order chi connectivity index (χ0) is 12.3. The van der Waals surface area contributed by atoms with Gasteiger partial charge in [0.25, 0.3) is 0 Å². The van der Waals surface area contributed by atoms with E-state index in [1.807, 2.05) is 0 Å². The molecular weight excluding hydrogens is 226 g/mol. The summed E-state index contributed by atoms with van der Waals surface area (Å²) in [7, 11) is 0. The van der Waals surface area contributed by atoms with E-state index in [2.05, 4.69) is 10.3 Å². The Bertz CT molecular complexity index is 514. The van der Waals surface area contributed by atoms with Crippen LogP contribution < -0.4 is 5.32 Å². The minimum Gasteiger partial charge on any atom is -0.506 e. The molecule has 0 fully saturated rings. The Kier molecular flexibility index (Phi) is 3.18. The van der Waals surface area contributed by atoms with Gasteiger partial charge in [-0.1, -0.05) is 6.07 Å². The van der Waals surface area contributed by atoms with Crippen molar-refractivity contribution in [2.24, 2.45) is 0 Å². The Morgan fingerprint density at radius 1 is 1.18 bits per heavy atom. The molecule has 0 aliphatic heterocycles. The molecule has 17 heavy (non-hydrogen) atoms. The molecule has 2 N–H and O–H groups in total. The fourth-order valence-corrected chi connectivity index (χ4v) is 1.35. The standard InChI is InChI=1S/C12H10F2N2O/c13-10-2-1-3-11(12(10)14)16-6-8-4-5-9(17)7-15-8/h1-5,7,16-17H,6H2. The normalized spacial score (nSPS) is 10.2. The Balaban J connectivity index is 2.07. The number of aromatic nitrogens is 1. The van der Waals surface area contributed by atoms with Gasteiger partial charge in [0.1, 0.15) is 5.75 Å². The fraction of sp³-hybridized carbons (Fsp3) is 0.0833. The number of aromatic hydroxyl groups is 1. The summed E-state index contributed by atoms with van der Waals surface area (Å²) in [5.41, 5.74) is 0.700. The smallest absolute Gasteiger partial charge is 0.181 e. The second-order valence-electron chi connectivity index (χ2n) is 3.46. The topological polar surface area (TPSA) is 45.1 Å². The van der Waals surface area contributed by atoms with Crippen molar-refractivity contribution in [1.29, 1.82) is 0 Å². The van der Waals surface area contributed by atoms with Gasteiger partial charge in [-0.25, -0.2) is 8.78 Å². The lowest BCUT2D eigenvalue weighted by atomic mass is 10.2. The number of hydrogen-bond acceptors (Lipinski definition) is 3. The van der Waals surface area contributed by atoms with E-state index >= 15 is 0 Å². The number of halogens is 2. The first-order valence-electron chi connectivity index (χ1n) is 4.98. The van der Waals surface area contributed by atoms with Crippen molar-refractivity contribution in [1.82, 2.24) is 4.98 Å². The van der Waals surface area contributed by atoms with Crippen LogP contribution in [0.4, 0.5) is 14.5 Å². The van der Waals surface area contributed by atoms with Crippen molar-refractivity contribution < 1.29 is 13.9 Å². The first-order valence-corrected chi connectivity index (χ1v) is 4.98. The monoisotopic (exact) mass is 236 g/mol. The van der Waals surface area contributed by atoms with Crippen LogP contribution in [0.1, 0.15) is 5.69 Å². The van der Waals surface area contributed by atoms with Crippen LogP contribution in [0.15, 0.2) is 36.5 Å². The number of nitrogens with one attached hydrogen (secondary N) is 1. The highest BCUT2D eigenvalue weighted by Gasteiger charge is 2.06. The Morgan fingerprint density at radius 3 is 2.71 bits per heavy atom. The lowest BCUT2D eigenvalue weighted by Gasteiger charge is -2.07. The van der Waals surface area contributed by atoms with E-state index in [1.165, 1.54) is 24.4 Å². The van der Waals surface area contributed by atoms with E-state index in [1.54, 1.807) is 6.07 Å². The first-order chi connectivity index (χ1) is 8.16. The van der Waals surface area contributed by atoms with Crippen molar-refractivity contribution in [2.45, 2.75) is 6.54 Å². The summed E-state index contributed by atoms with van der Waals surface area (Å²) in [4.78, 5) is 3.92. The average molecular weight is 236 g/mol. The summed E-state index contributed by atoms with van der Waals surface area (Å²) in [5.74, 6) is -1.74. The molecule has 0 aliphatic rings. The molecule has 0 amide bonds. The largest absolute Gasteiger partial charge is 0.506 e. The number of rotatable bonds is 3. The molecule has 0 saturated carbocycles. The van der Waals surface area contributed by atoms with Crippen molar-refractivity contribution in [3.8, 4) is 5.75 Å². The van der Waals surface area contributed by atoms with Crippen LogP contribution in [-0.2, 0) is 6.54 Å². The minimum atomic E-state index is -0.911. The van der Waals surface area contributed by atoms with Crippen LogP contribution in [0.3, 0.4) is 0 Å². The van der Waals surface area contributed by atoms with Crippen molar-refractivity contribution >= 4 is 5.69 Å². The van der Waals surface area contributed by atoms with Gasteiger partial charge in [-0.15, -0.1) is 0 Å². The van der Waals surface area contributed by atoms with Gasteiger partial charge >= 0.3 is 0 Å². The molecule has 1 heterocycles. The summed E-state index contributed by atoms with van der Waals surface area (Å²) in [5, 5.41) is 11.8. The molecule has 0 saturated heterocycles. The molecule has 5 heteroatoms. The average Bonchev–Trinajstić information content (AvgIpc) is 2.33. The van der Waals surface area contributed by atoms with Gasteiger partial charge < -0.3 is 10.4 Å². The maximum absolute atomic E-state index is 13.3. The Morgan fingerprint density at radius 2 is 2.00 bits per heavy atom. The fourth-order valence-electron chi connectivity index (χ4n) is 1.35. The van der Waals surface area contributed by atoms with E-state index < -0.39 is 11.6 Å². The van der Waals surface area contributed by atoms with Gasteiger partial charge in [-0.3, -0.25) is 4.98 Å². The highest BCUT2D eigenvalue weighted by Crippen LogP contribution is 2.17. The number of hydrogen-bond donors (Lipinski definition) is 2. The maximum Gasteiger partial charge on any atom is 0.181 e. The van der Waals surface area contributed by atoms with Crippen LogP contribution in [0.2, 0.25) is 0 Å². The van der Waals surface area contributed by atoms with Crippen LogP contribution in [-0.4, -0.2) is 10.1 Å². The molecule has 1 aromatic heterocycles. The molecule has 0 radical (unpaired) electrons. The minimum absolute atomic E-state index is 0.0608. The molecule has 0 spiro atoms. The number of anilines is 1. The van der Waals surface area contributed by atoms with Gasteiger partial charge in [-0.05, 0) is 24.3 Å². The summed E-state index contributed by atoms with van der Waals surface area (Å²) >= 11 is 0. The lowest BCUT2D eigenvalue weighted by Crippen LogP contribution is -2.03. The molecule has 0 aliphatic carbocycles. The van der Waals surface area contributed by atoms with Gasteiger partial charge in [0.15, 0.2) is 11.6 Å². The summed E-state index contributed by atoms with van der Waals surface area (Å²) < 4.78 is 26.2. The zero-order valence-electron chi connectivity index (χ0n) is 8.82. The van der Waals surface area contributed by atoms with E-state index in [-0.39, 0.29) is 18.0 Å². The highest BCUT2D eigenvalue weighted by atomic mass is 19.2. The van der Waals surface area contributed by atoms with Crippen LogP contribution in [0, 0.1) is 11.6 Å². The molecular formula is C12H10F2N2O. The van der Waals surface area contributed by atoms with Crippen LogP contribution >= 0.6 is 0 Å². The van der Waals surface area contributed by atoms with Crippen molar-refractivity contribution in [2.75, 3.05) is 5.32 Å². The number of pyridine rings is 1. The van der Waals surface area contributed by atoms with E-state index in [0.29, 0.717) is 5.69 Å². The molecule has 3 nitrogen and oxygen atoms in total. The predicted molar refractivity (Wildman–Crippen MR) is 59.6 cm³/mol. The Hall–Kier alpha value is -2.17. The quantitative estimate of drug-likeness (QED) is 0.861. The van der Waals surface area contributed by atoms with Gasteiger partial charge in [0.05, 0.1) is 24.1 Å². The Labute approximate surface area is 96.7 Å². The predicted octanol–water partition coefficient (Wildman–Crippen LogP) is 2.68. The molecule has 88 valence electrons. The second kappa shape index (κ2) is 4.78. The summed E-state index contributed by atoms with van der Waals surface area (Å²) in [6.45, 7) is 0.251. The van der Waals surface area contributed by atoms with Crippen LogP contribution in [0.25, 0.3) is 0 Å². The number of benzene rings is 1. The highest BCUT2D eigenvalue weighted by molar-refractivity contribution is 5.45. The molecule has 2 rings (SSSR count). The van der Waals surface area contributed by atoms with E-state index in [0.717, 1.165) is 6.07 Å². The molecule has 1 aromatic carbocycles. The SMILES string of the molecule is Oc1ccc(CNc2cccc(F)c2F)nc1. The number of nitrogens with zero attached hydrogens (tertiary/aromatic N) is 1. The van der Waals surface area contributed by atoms with E-state index in [9.17, 15) is 8.78 Å². The first kappa shape index (κ1) is 11.3. The third-order valence-corrected chi connectivity index (χ3v) is 2.22. The van der Waals surface area contributed by atoms with E-state index in [4.69, 9.17) is 5.11 Å². The molecule has 0 unspecified atom stereocenters. The molecule has 2 aromatic rings. The third kappa shape index (κ3) is 2.69. The van der Waals surface area contributed by atoms with Gasteiger partial charge in [0, 0.05) is 0 Å². The zero-order valence-corrected chi connectivity index (χ0v) is 8.82. The molecule has 0 atom stereocenters. The van der Waals surface area contributed by atoms with Crippen molar-refractivity contribution in [3.63, 3.8) is 0 Å². The van der Waals surface area contributed by atoms with Crippen LogP contribution in [0.5, 0.6) is 5.75 Å². The van der Waals surface area contributed by atoms with Crippen molar-refractivity contribution in [3.05, 3.63) is 53.9 Å². The maximum atomic E-state index is 13.3. The summed E-state index contributed by atoms with van der Waals surface area (Å²) in [6.07, 6.45) is 1.29. The third-order valence-electron chi connectivity index (χ3n) is 2.22. The lowest BCUT2D eigenvalue weighted by molar-refractivity contribution is 0.472.